The van der Waals surface area contributed by atoms with E-state index in [0.29, 0.717) is 34.7 Å². The number of hydrogen-bond acceptors (Lipinski definition) is 18. The third-order valence-corrected chi connectivity index (χ3v) is 14.7. The van der Waals surface area contributed by atoms with Gasteiger partial charge in [0, 0.05) is 174 Å². The molecule has 0 radical (unpaired) electrons. The van der Waals surface area contributed by atoms with E-state index in [0.717, 1.165) is 101 Å². The van der Waals surface area contributed by atoms with Crippen molar-refractivity contribution >= 4 is 169 Å². The molecular weight excluding hydrogens is 1420 g/mol. The summed E-state index contributed by atoms with van der Waals surface area (Å²) >= 11 is 9.09. The lowest BCUT2D eigenvalue weighted by Crippen LogP contribution is -2.29. The fourth-order valence-corrected chi connectivity index (χ4v) is 10.6. The van der Waals surface area contributed by atoms with Gasteiger partial charge in [0.1, 0.15) is 0 Å². The first kappa shape index (κ1) is 65.4. The fraction of sp³-hybridized carbons (Fsp3) is 0.0441. The molecule has 25 heteroatoms. The highest BCUT2D eigenvalue weighted by Gasteiger charge is 2.13. The standard InChI is InChI=1S/C26H20N6O.C21H16BrN5O.C16H12BrIN4O.C5H6BNO2/c1-17(33)30-23-11-21(20-5-3-9-28-15-20)12-24(13-23)31-26-29-16-22-10-18(6-7-25(22)32-26)19-4-2-8-27-14-19;1-13(28)25-18-8-15(14-3-2-6-23-11-14)9-19(10-18)26-21-24-12-16-7-17(22)4-5-20(16)27-21;1-9(23)20-13-5-12(18)6-14(7-13)21-16-19-8-10-4-11(17)2-3-15(10)22-16;8-6(9)5-2-1-3-7-4-5/h2-16H,1H3,(H,30,33)(H,29,31,32);2-12H,1H3,(H,25,28)(H,24,26,27);2-8H,1H3,(H,20,23)(H,19,21,22);1-4,8-9H. The maximum Gasteiger partial charge on any atom is 0.490 e. The van der Waals surface area contributed by atoms with Crippen molar-refractivity contribution in [3.05, 3.63) is 238 Å². The third-order valence-electron chi connectivity index (χ3n) is 13.1. The second-order valence-electron chi connectivity index (χ2n) is 20.4. The molecule has 0 aliphatic carbocycles. The minimum Gasteiger partial charge on any atom is -0.423 e. The van der Waals surface area contributed by atoms with Crippen molar-refractivity contribution in [2.45, 2.75) is 20.8 Å². The molecule has 13 rings (SSSR count). The van der Waals surface area contributed by atoms with Crippen molar-refractivity contribution in [2.75, 3.05) is 31.9 Å². The minimum atomic E-state index is -1.40. The topological polar surface area (TPSA) is 293 Å². The summed E-state index contributed by atoms with van der Waals surface area (Å²) in [6.45, 7) is 4.45. The second kappa shape index (κ2) is 31.4. The largest absolute Gasteiger partial charge is 0.490 e. The SMILES string of the molecule is CC(=O)Nc1cc(I)cc(Nc2ncc3cc(Br)ccc3n2)c1.CC(=O)Nc1cc(Nc2ncc3cc(-c4cccnc4)ccc3n2)cc(-c2cccnc2)c1.CC(=O)Nc1cc(Nc2ncc3cc(Br)ccc3n2)cc(-c2cccnc2)c1.OB(O)c1cccnc1. The average molecular weight is 1470 g/mol. The quantitative estimate of drug-likeness (QED) is 0.0393. The number of hydrogen-bond donors (Lipinski definition) is 8. The van der Waals surface area contributed by atoms with E-state index in [9.17, 15) is 14.4 Å². The predicted octanol–water partition coefficient (Wildman–Crippen LogP) is 14.1. The van der Waals surface area contributed by atoms with Crippen molar-refractivity contribution in [3.63, 3.8) is 0 Å². The molecule has 0 fully saturated rings. The van der Waals surface area contributed by atoms with Crippen molar-refractivity contribution in [2.24, 2.45) is 0 Å². The number of nitrogens with zero attached hydrogens (tertiary/aromatic N) is 10. The smallest absolute Gasteiger partial charge is 0.423 e. The number of pyridine rings is 4. The lowest BCUT2D eigenvalue weighted by atomic mass is 9.82. The van der Waals surface area contributed by atoms with Crippen LogP contribution in [0.5, 0.6) is 0 Å². The summed E-state index contributed by atoms with van der Waals surface area (Å²) in [4.78, 5) is 77.5. The molecule has 0 saturated heterocycles. The van der Waals surface area contributed by atoms with Crippen LogP contribution in [0.3, 0.4) is 0 Å². The van der Waals surface area contributed by atoms with Gasteiger partial charge < -0.3 is 41.9 Å². The number of carbonyl (C=O) groups is 3. The Morgan fingerprint density at radius 3 is 1.12 bits per heavy atom. The molecule has 460 valence electrons. The third kappa shape index (κ3) is 19.2. The Bertz CT molecular complexity index is 4790. The normalized spacial score (nSPS) is 10.5. The molecule has 13 aromatic rings. The van der Waals surface area contributed by atoms with E-state index in [4.69, 9.17) is 10.0 Å². The number of rotatable bonds is 13. The summed E-state index contributed by atoms with van der Waals surface area (Å²) in [6.07, 6.45) is 18.9. The minimum absolute atomic E-state index is 0.106. The summed E-state index contributed by atoms with van der Waals surface area (Å²) in [5.74, 6) is 1.07. The maximum absolute atomic E-state index is 11.6. The van der Waals surface area contributed by atoms with Gasteiger partial charge in [-0.25, -0.2) is 29.9 Å². The van der Waals surface area contributed by atoms with Gasteiger partial charge in [0.05, 0.1) is 16.6 Å². The summed E-state index contributed by atoms with van der Waals surface area (Å²) in [5.41, 5.74) is 13.2. The van der Waals surface area contributed by atoms with Crippen LogP contribution in [0.4, 0.5) is 52.0 Å². The molecule has 8 N–H and O–H groups in total. The molecule has 0 unspecified atom stereocenters. The first-order valence-electron chi connectivity index (χ1n) is 28.3. The van der Waals surface area contributed by atoms with Crippen LogP contribution in [0.1, 0.15) is 20.8 Å². The van der Waals surface area contributed by atoms with Gasteiger partial charge in [-0.2, -0.15) is 0 Å². The maximum atomic E-state index is 11.6. The molecule has 7 aromatic heterocycles. The van der Waals surface area contributed by atoms with Gasteiger partial charge in [-0.1, -0.05) is 62.2 Å². The number of anilines is 9. The van der Waals surface area contributed by atoms with E-state index in [1.165, 1.54) is 27.0 Å². The average Bonchev–Trinajstić information content (AvgIpc) is 0.995. The Labute approximate surface area is 564 Å². The molecule has 0 bridgehead atoms. The van der Waals surface area contributed by atoms with Crippen LogP contribution in [-0.2, 0) is 14.4 Å². The predicted molar refractivity (Wildman–Crippen MR) is 383 cm³/mol. The second-order valence-corrected chi connectivity index (χ2v) is 23.5. The Morgan fingerprint density at radius 2 is 0.742 bits per heavy atom. The fourth-order valence-electron chi connectivity index (χ4n) is 9.14. The molecule has 93 heavy (non-hydrogen) atoms. The van der Waals surface area contributed by atoms with E-state index in [2.05, 4.69) is 136 Å². The Hall–Kier alpha value is -10.6. The zero-order valence-corrected chi connectivity index (χ0v) is 55.0. The number of carbonyl (C=O) groups excluding carboxylic acids is 3. The van der Waals surface area contributed by atoms with E-state index in [1.807, 2.05) is 152 Å². The highest BCUT2D eigenvalue weighted by molar-refractivity contribution is 14.1. The highest BCUT2D eigenvalue weighted by Crippen LogP contribution is 2.32. The Balaban J connectivity index is 0.000000144. The number of amides is 3. The van der Waals surface area contributed by atoms with Crippen molar-refractivity contribution < 1.29 is 24.4 Å². The van der Waals surface area contributed by atoms with Crippen molar-refractivity contribution in [1.82, 2.24) is 49.8 Å². The zero-order valence-electron chi connectivity index (χ0n) is 49.7. The van der Waals surface area contributed by atoms with Crippen LogP contribution < -0.4 is 37.4 Å². The first-order chi connectivity index (χ1) is 45.0. The van der Waals surface area contributed by atoms with Gasteiger partial charge in [0.25, 0.3) is 0 Å². The molecule has 0 saturated carbocycles. The number of halogens is 3. The van der Waals surface area contributed by atoms with Crippen molar-refractivity contribution in [1.29, 1.82) is 0 Å². The summed E-state index contributed by atoms with van der Waals surface area (Å²) < 4.78 is 2.97. The van der Waals surface area contributed by atoms with Crippen LogP contribution in [0.25, 0.3) is 66.1 Å². The highest BCUT2D eigenvalue weighted by atomic mass is 127. The molecule has 0 atom stereocenters. The van der Waals surface area contributed by atoms with E-state index in [1.54, 1.807) is 67.9 Å². The van der Waals surface area contributed by atoms with Crippen LogP contribution in [0, 0.1) is 3.57 Å². The molecule has 7 heterocycles. The molecule has 21 nitrogen and oxygen atoms in total. The van der Waals surface area contributed by atoms with E-state index in [-0.39, 0.29) is 17.7 Å². The molecular formula is C68H54BBr2IN16O5. The van der Waals surface area contributed by atoms with E-state index < -0.39 is 7.12 Å². The molecule has 0 spiro atoms. The monoisotopic (exact) mass is 1470 g/mol. The summed E-state index contributed by atoms with van der Waals surface area (Å²) in [7, 11) is -1.40. The van der Waals surface area contributed by atoms with Crippen LogP contribution in [0.2, 0.25) is 0 Å². The Kier molecular flexibility index (Phi) is 22.1. The van der Waals surface area contributed by atoms with E-state index >= 15 is 0 Å². The Morgan fingerprint density at radius 1 is 0.387 bits per heavy atom. The number of nitrogens with one attached hydrogen (secondary N) is 6. The van der Waals surface area contributed by atoms with Gasteiger partial charge in [0.2, 0.25) is 35.6 Å². The van der Waals surface area contributed by atoms with Gasteiger partial charge in [-0.05, 0) is 167 Å². The molecule has 3 amide bonds. The van der Waals surface area contributed by atoms with Crippen molar-refractivity contribution in [3.8, 4) is 33.4 Å². The van der Waals surface area contributed by atoms with Crippen LogP contribution in [0.15, 0.2) is 235 Å². The number of aromatic nitrogens is 10. The van der Waals surface area contributed by atoms with Crippen LogP contribution >= 0.6 is 54.5 Å². The van der Waals surface area contributed by atoms with Gasteiger partial charge in [-0.3, -0.25) is 34.3 Å². The number of benzene rings is 6. The van der Waals surface area contributed by atoms with Gasteiger partial charge in [-0.15, -0.1) is 0 Å². The molecule has 0 aliphatic heterocycles. The first-order valence-corrected chi connectivity index (χ1v) is 31.0. The summed E-state index contributed by atoms with van der Waals surface area (Å²) in [6, 6.07) is 49.7. The van der Waals surface area contributed by atoms with Gasteiger partial charge >= 0.3 is 7.12 Å². The molecule has 0 aliphatic rings. The molecule has 6 aromatic carbocycles. The zero-order chi connectivity index (χ0) is 65.2. The van der Waals surface area contributed by atoms with Crippen LogP contribution in [-0.4, -0.2) is 84.7 Å². The lowest BCUT2D eigenvalue weighted by molar-refractivity contribution is -0.115. The number of fused-ring (bicyclic) bond motifs is 3. The summed E-state index contributed by atoms with van der Waals surface area (Å²) in [5, 5.41) is 38.0. The lowest BCUT2D eigenvalue weighted by Gasteiger charge is -2.12. The van der Waals surface area contributed by atoms with Gasteiger partial charge in [0.15, 0.2) is 0 Å².